The summed E-state index contributed by atoms with van der Waals surface area (Å²) >= 11 is 0. The molecule has 0 aromatic rings. The second-order valence-corrected chi connectivity index (χ2v) is 4.55. The van der Waals surface area contributed by atoms with Gasteiger partial charge in [0.15, 0.2) is 0 Å². The molecule has 0 atom stereocenters. The summed E-state index contributed by atoms with van der Waals surface area (Å²) in [6.45, 7) is 0. The van der Waals surface area contributed by atoms with Crippen LogP contribution in [0.1, 0.15) is 12.8 Å². The molecule has 0 aliphatic heterocycles. The summed E-state index contributed by atoms with van der Waals surface area (Å²) in [4.78, 5) is 8.90. The average Bonchev–Trinajstić information content (AvgIpc) is 2.66. The first-order valence-corrected chi connectivity index (χ1v) is 4.96. The van der Waals surface area contributed by atoms with E-state index in [1.807, 2.05) is 0 Å². The van der Waals surface area contributed by atoms with Crippen molar-refractivity contribution in [2.45, 2.75) is 24.0 Å². The molecule has 0 saturated heterocycles. The quantitative estimate of drug-likeness (QED) is 0.659. The van der Waals surface area contributed by atoms with Gasteiger partial charge in [-0.25, -0.2) is 22.7 Å². The lowest BCUT2D eigenvalue weighted by Crippen LogP contribution is -2.25. The molecule has 10 heteroatoms. The zero-order valence-corrected chi connectivity index (χ0v) is 7.90. The molecule has 1 saturated carbocycles. The summed E-state index contributed by atoms with van der Waals surface area (Å²) in [7, 11) is -3.90. The van der Waals surface area contributed by atoms with Gasteiger partial charge in [0.1, 0.15) is 0 Å². The molecule has 1 aliphatic rings. The van der Waals surface area contributed by atoms with E-state index >= 15 is 0 Å². The highest BCUT2D eigenvalue weighted by Crippen LogP contribution is 2.43. The summed E-state index contributed by atoms with van der Waals surface area (Å²) in [6, 6.07) is 0. The summed E-state index contributed by atoms with van der Waals surface area (Å²) < 4.78 is 64.3. The van der Waals surface area contributed by atoms with E-state index in [1.165, 1.54) is 0 Å². The minimum Gasteiger partial charge on any atom is -0.475 e. The molecular weight excluding hydrogens is 246 g/mol. The SMILES string of the molecule is NS(=O)(=O)C1(F)CC1.O=C(O)C(F)(F)F. The number of sulfonamides is 1. The second kappa shape index (κ2) is 3.93. The van der Waals surface area contributed by atoms with Gasteiger partial charge in [-0.2, -0.15) is 13.2 Å². The first-order valence-electron chi connectivity index (χ1n) is 3.41. The van der Waals surface area contributed by atoms with E-state index in [-0.39, 0.29) is 12.8 Å². The van der Waals surface area contributed by atoms with Gasteiger partial charge in [-0.1, -0.05) is 0 Å². The van der Waals surface area contributed by atoms with E-state index in [4.69, 9.17) is 9.90 Å². The Balaban J connectivity index is 0.000000265. The molecule has 1 rings (SSSR count). The van der Waals surface area contributed by atoms with Crippen LogP contribution in [0.2, 0.25) is 0 Å². The topological polar surface area (TPSA) is 97.5 Å². The van der Waals surface area contributed by atoms with E-state index in [0.717, 1.165) is 0 Å². The molecule has 15 heavy (non-hydrogen) atoms. The number of alkyl halides is 4. The maximum Gasteiger partial charge on any atom is 0.490 e. The van der Waals surface area contributed by atoms with Gasteiger partial charge in [0.05, 0.1) is 0 Å². The Hall–Kier alpha value is -0.900. The largest absolute Gasteiger partial charge is 0.490 e. The van der Waals surface area contributed by atoms with Crippen LogP contribution in [0.4, 0.5) is 17.6 Å². The van der Waals surface area contributed by atoms with Crippen molar-refractivity contribution in [3.8, 4) is 0 Å². The first kappa shape index (κ1) is 14.1. The number of hydrogen-bond donors (Lipinski definition) is 2. The molecule has 90 valence electrons. The van der Waals surface area contributed by atoms with Crippen molar-refractivity contribution < 1.29 is 35.9 Å². The van der Waals surface area contributed by atoms with Gasteiger partial charge in [0.25, 0.3) is 0 Å². The normalized spacial score (nSPS) is 18.7. The fourth-order valence-electron chi connectivity index (χ4n) is 0.383. The summed E-state index contributed by atoms with van der Waals surface area (Å²) in [6.07, 6.45) is -4.96. The Morgan fingerprint density at radius 1 is 1.33 bits per heavy atom. The Labute approximate surface area is 81.9 Å². The van der Waals surface area contributed by atoms with Crippen molar-refractivity contribution in [2.75, 3.05) is 0 Å². The molecule has 0 unspecified atom stereocenters. The number of aliphatic carboxylic acids is 1. The van der Waals surface area contributed by atoms with Crippen LogP contribution in [0.25, 0.3) is 0 Å². The van der Waals surface area contributed by atoms with Crippen LogP contribution in [0.5, 0.6) is 0 Å². The van der Waals surface area contributed by atoms with Crippen LogP contribution >= 0.6 is 0 Å². The molecule has 0 amide bonds. The summed E-state index contributed by atoms with van der Waals surface area (Å²) in [5.74, 6) is -2.76. The molecule has 0 heterocycles. The van der Waals surface area contributed by atoms with Gasteiger partial charge >= 0.3 is 12.1 Å². The highest BCUT2D eigenvalue weighted by Gasteiger charge is 2.54. The van der Waals surface area contributed by atoms with Crippen LogP contribution in [-0.2, 0) is 14.8 Å². The molecule has 3 N–H and O–H groups in total. The van der Waals surface area contributed by atoms with E-state index in [0.29, 0.717) is 0 Å². The van der Waals surface area contributed by atoms with Gasteiger partial charge in [0.2, 0.25) is 15.0 Å². The van der Waals surface area contributed by atoms with Crippen molar-refractivity contribution in [3.05, 3.63) is 0 Å². The first-order chi connectivity index (χ1) is 6.40. The number of carboxylic acid groups (broad SMARTS) is 1. The number of rotatable bonds is 1. The molecule has 5 nitrogen and oxygen atoms in total. The van der Waals surface area contributed by atoms with E-state index in [2.05, 4.69) is 5.14 Å². The van der Waals surface area contributed by atoms with Crippen LogP contribution < -0.4 is 5.14 Å². The van der Waals surface area contributed by atoms with Crippen LogP contribution in [-0.4, -0.2) is 30.7 Å². The lowest BCUT2D eigenvalue weighted by Gasteiger charge is -1.96. The second-order valence-electron chi connectivity index (χ2n) is 2.73. The number of nitrogens with two attached hydrogens (primary N) is 1. The van der Waals surface area contributed by atoms with E-state index in [9.17, 15) is 26.0 Å². The molecule has 0 spiro atoms. The molecule has 1 fully saturated rings. The van der Waals surface area contributed by atoms with Gasteiger partial charge in [-0.3, -0.25) is 0 Å². The third kappa shape index (κ3) is 4.42. The Bertz CT molecular complexity index is 345. The standard InChI is InChI=1S/C3H6FNO2S.C2HF3O2/c4-3(1-2-3)8(5,6)7;3-2(4,5)1(6)7/h1-2H2,(H2,5,6,7);(H,6,7). The number of carboxylic acids is 1. The van der Waals surface area contributed by atoms with Gasteiger partial charge in [-0.15, -0.1) is 0 Å². The predicted octanol–water partition coefficient (Wildman–Crippen LogP) is 0.368. The number of carbonyl (C=O) groups is 1. The average molecular weight is 253 g/mol. The summed E-state index contributed by atoms with van der Waals surface area (Å²) in [5, 5.41) is 9.53. The Morgan fingerprint density at radius 2 is 1.60 bits per heavy atom. The van der Waals surface area contributed by atoms with Crippen LogP contribution in [0.15, 0.2) is 0 Å². The molecule has 0 aromatic carbocycles. The molecular formula is C5H7F4NO4S. The monoisotopic (exact) mass is 253 g/mol. The van der Waals surface area contributed by atoms with E-state index < -0.39 is 27.2 Å². The van der Waals surface area contributed by atoms with Crippen molar-refractivity contribution in [3.63, 3.8) is 0 Å². The fourth-order valence-corrected chi connectivity index (χ4v) is 1.05. The number of hydrogen-bond acceptors (Lipinski definition) is 3. The highest BCUT2D eigenvalue weighted by atomic mass is 32.2. The molecule has 1 aliphatic carbocycles. The Kier molecular flexibility index (Phi) is 3.69. The molecule has 0 bridgehead atoms. The maximum atomic E-state index is 12.3. The van der Waals surface area contributed by atoms with Gasteiger partial charge < -0.3 is 5.11 Å². The van der Waals surface area contributed by atoms with Gasteiger partial charge in [-0.05, 0) is 0 Å². The molecule has 0 radical (unpaired) electrons. The minimum atomic E-state index is -5.08. The van der Waals surface area contributed by atoms with Gasteiger partial charge in [0, 0.05) is 12.8 Å². The van der Waals surface area contributed by atoms with Crippen LogP contribution in [0, 0.1) is 0 Å². The van der Waals surface area contributed by atoms with E-state index in [1.54, 1.807) is 0 Å². The summed E-state index contributed by atoms with van der Waals surface area (Å²) in [5.41, 5.74) is 0. The predicted molar refractivity (Wildman–Crippen MR) is 39.9 cm³/mol. The smallest absolute Gasteiger partial charge is 0.475 e. The lowest BCUT2D eigenvalue weighted by molar-refractivity contribution is -0.192. The molecule has 0 aromatic heterocycles. The Morgan fingerprint density at radius 3 is 1.60 bits per heavy atom. The lowest BCUT2D eigenvalue weighted by atomic mass is 10.7. The third-order valence-electron chi connectivity index (χ3n) is 1.40. The zero-order chi connectivity index (χ0) is 12.5. The zero-order valence-electron chi connectivity index (χ0n) is 7.08. The minimum absolute atomic E-state index is 0.0613. The van der Waals surface area contributed by atoms with Crippen LogP contribution in [0.3, 0.4) is 0 Å². The third-order valence-corrected chi connectivity index (χ3v) is 2.82. The number of halogens is 4. The van der Waals surface area contributed by atoms with Crippen molar-refractivity contribution in [2.24, 2.45) is 5.14 Å². The maximum absolute atomic E-state index is 12.3. The van der Waals surface area contributed by atoms with Crippen molar-refractivity contribution >= 4 is 16.0 Å². The van der Waals surface area contributed by atoms with Crippen molar-refractivity contribution in [1.82, 2.24) is 0 Å². The van der Waals surface area contributed by atoms with Crippen molar-refractivity contribution in [1.29, 1.82) is 0 Å². The highest BCUT2D eigenvalue weighted by molar-refractivity contribution is 7.90. The number of primary sulfonamides is 1. The fraction of sp³-hybridized carbons (Fsp3) is 0.800.